The predicted octanol–water partition coefficient (Wildman–Crippen LogP) is 2.81. The minimum Gasteiger partial charge on any atom is -0.465 e. The van der Waals surface area contributed by atoms with Crippen molar-refractivity contribution in [1.29, 1.82) is 0 Å². The van der Waals surface area contributed by atoms with Crippen LogP contribution in [0.4, 0.5) is 0 Å². The first-order chi connectivity index (χ1) is 9.12. The number of hydrogen-bond donors (Lipinski definition) is 0. The SMILES string of the molecule is CCC(C#Cc1ccc(C(=O)OC)c(C)c1)COC. The van der Waals surface area contributed by atoms with Crippen molar-refractivity contribution in [3.63, 3.8) is 0 Å². The molecule has 0 heterocycles. The summed E-state index contributed by atoms with van der Waals surface area (Å²) in [6, 6.07) is 5.49. The molecule has 1 atom stereocenters. The summed E-state index contributed by atoms with van der Waals surface area (Å²) in [5.74, 6) is 6.23. The van der Waals surface area contributed by atoms with Crippen LogP contribution in [-0.4, -0.2) is 26.8 Å². The van der Waals surface area contributed by atoms with Gasteiger partial charge in [-0.3, -0.25) is 0 Å². The molecule has 0 fully saturated rings. The minimum absolute atomic E-state index is 0.241. The first kappa shape index (κ1) is 15.3. The van der Waals surface area contributed by atoms with Gasteiger partial charge in [0, 0.05) is 18.6 Å². The Morgan fingerprint density at radius 1 is 1.37 bits per heavy atom. The Bertz CT molecular complexity index is 494. The normalized spacial score (nSPS) is 11.4. The molecular formula is C16H20O3. The van der Waals surface area contributed by atoms with Gasteiger partial charge in [0.25, 0.3) is 0 Å². The van der Waals surface area contributed by atoms with Crippen LogP contribution in [0, 0.1) is 24.7 Å². The largest absolute Gasteiger partial charge is 0.465 e. The van der Waals surface area contributed by atoms with Crippen LogP contribution < -0.4 is 0 Å². The summed E-state index contributed by atoms with van der Waals surface area (Å²) < 4.78 is 9.82. The first-order valence-corrected chi connectivity index (χ1v) is 6.31. The summed E-state index contributed by atoms with van der Waals surface area (Å²) in [5.41, 5.74) is 2.36. The molecule has 0 saturated heterocycles. The molecule has 0 amide bonds. The molecule has 0 aromatic heterocycles. The van der Waals surface area contributed by atoms with E-state index >= 15 is 0 Å². The summed E-state index contributed by atoms with van der Waals surface area (Å²) in [6.45, 7) is 4.61. The third-order valence-corrected chi connectivity index (χ3v) is 2.91. The van der Waals surface area contributed by atoms with Gasteiger partial charge in [-0.05, 0) is 37.1 Å². The van der Waals surface area contributed by atoms with Crippen molar-refractivity contribution >= 4 is 5.97 Å². The van der Waals surface area contributed by atoms with Crippen LogP contribution in [0.25, 0.3) is 0 Å². The highest BCUT2D eigenvalue weighted by atomic mass is 16.5. The van der Waals surface area contributed by atoms with Crippen LogP contribution in [0.3, 0.4) is 0 Å². The van der Waals surface area contributed by atoms with Crippen LogP contribution in [0.15, 0.2) is 18.2 Å². The van der Waals surface area contributed by atoms with Crippen molar-refractivity contribution in [2.45, 2.75) is 20.3 Å². The lowest BCUT2D eigenvalue weighted by Gasteiger charge is -2.05. The standard InChI is InChI=1S/C16H20O3/c1-5-13(11-18-3)6-7-14-8-9-15(12(2)10-14)16(17)19-4/h8-10,13H,5,11H2,1-4H3. The van der Waals surface area contributed by atoms with Gasteiger partial charge in [-0.1, -0.05) is 18.8 Å². The zero-order valence-electron chi connectivity index (χ0n) is 11.9. The van der Waals surface area contributed by atoms with Crippen molar-refractivity contribution in [1.82, 2.24) is 0 Å². The molecule has 3 heteroatoms. The van der Waals surface area contributed by atoms with Crippen molar-refractivity contribution in [3.05, 3.63) is 34.9 Å². The number of aryl methyl sites for hydroxylation is 1. The molecule has 0 bridgehead atoms. The van der Waals surface area contributed by atoms with E-state index in [0.29, 0.717) is 12.2 Å². The Morgan fingerprint density at radius 2 is 2.11 bits per heavy atom. The second-order valence-electron chi connectivity index (χ2n) is 4.35. The highest BCUT2D eigenvalue weighted by Crippen LogP contribution is 2.12. The third-order valence-electron chi connectivity index (χ3n) is 2.91. The molecule has 19 heavy (non-hydrogen) atoms. The summed E-state index contributed by atoms with van der Waals surface area (Å²) in [6.07, 6.45) is 0.958. The average molecular weight is 260 g/mol. The van der Waals surface area contributed by atoms with Gasteiger partial charge in [0.05, 0.1) is 19.3 Å². The Morgan fingerprint density at radius 3 is 2.63 bits per heavy atom. The number of methoxy groups -OCH3 is 2. The second-order valence-corrected chi connectivity index (χ2v) is 4.35. The molecule has 1 rings (SSSR count). The number of carbonyl (C=O) groups is 1. The van der Waals surface area contributed by atoms with Crippen molar-refractivity contribution in [2.24, 2.45) is 5.92 Å². The number of ether oxygens (including phenoxy) is 2. The predicted molar refractivity (Wildman–Crippen MR) is 75.1 cm³/mol. The van der Waals surface area contributed by atoms with E-state index in [1.807, 2.05) is 19.1 Å². The van der Waals surface area contributed by atoms with E-state index in [9.17, 15) is 4.79 Å². The topological polar surface area (TPSA) is 35.5 Å². The van der Waals surface area contributed by atoms with Crippen LogP contribution in [0.1, 0.15) is 34.8 Å². The summed E-state index contributed by atoms with van der Waals surface area (Å²) in [7, 11) is 3.06. The number of benzene rings is 1. The van der Waals surface area contributed by atoms with Gasteiger partial charge >= 0.3 is 5.97 Å². The van der Waals surface area contributed by atoms with Crippen molar-refractivity contribution in [2.75, 3.05) is 20.8 Å². The van der Waals surface area contributed by atoms with Gasteiger partial charge in [0.2, 0.25) is 0 Å². The van der Waals surface area contributed by atoms with E-state index in [-0.39, 0.29) is 11.9 Å². The molecule has 0 saturated carbocycles. The summed E-state index contributed by atoms with van der Waals surface area (Å²) in [5, 5.41) is 0. The highest BCUT2D eigenvalue weighted by Gasteiger charge is 2.08. The van der Waals surface area contributed by atoms with Gasteiger partial charge in [0.1, 0.15) is 0 Å². The Labute approximate surface area is 114 Å². The lowest BCUT2D eigenvalue weighted by Crippen LogP contribution is -2.04. The van der Waals surface area contributed by atoms with Gasteiger partial charge in [-0.2, -0.15) is 0 Å². The van der Waals surface area contributed by atoms with E-state index in [2.05, 4.69) is 18.8 Å². The molecule has 0 spiro atoms. The zero-order chi connectivity index (χ0) is 14.3. The van der Waals surface area contributed by atoms with E-state index in [1.165, 1.54) is 7.11 Å². The van der Waals surface area contributed by atoms with Gasteiger partial charge in [0.15, 0.2) is 0 Å². The molecule has 0 aliphatic rings. The zero-order valence-corrected chi connectivity index (χ0v) is 11.9. The molecule has 0 aliphatic heterocycles. The van der Waals surface area contributed by atoms with Crippen LogP contribution in [-0.2, 0) is 9.47 Å². The molecule has 102 valence electrons. The maximum absolute atomic E-state index is 11.5. The fourth-order valence-corrected chi connectivity index (χ4v) is 1.73. The molecule has 1 unspecified atom stereocenters. The monoisotopic (exact) mass is 260 g/mol. The Hall–Kier alpha value is -1.79. The van der Waals surface area contributed by atoms with E-state index < -0.39 is 0 Å². The Kier molecular flexibility index (Phi) is 6.11. The van der Waals surface area contributed by atoms with E-state index in [0.717, 1.165) is 17.5 Å². The smallest absolute Gasteiger partial charge is 0.338 e. The van der Waals surface area contributed by atoms with Crippen LogP contribution in [0.2, 0.25) is 0 Å². The molecule has 1 aromatic rings. The van der Waals surface area contributed by atoms with Crippen molar-refractivity contribution < 1.29 is 14.3 Å². The van der Waals surface area contributed by atoms with Gasteiger partial charge in [-0.15, -0.1) is 0 Å². The molecular weight excluding hydrogens is 240 g/mol. The lowest BCUT2D eigenvalue weighted by molar-refractivity contribution is 0.0600. The number of esters is 1. The third kappa shape index (κ3) is 4.42. The molecule has 0 N–H and O–H groups in total. The van der Waals surface area contributed by atoms with E-state index in [1.54, 1.807) is 13.2 Å². The summed E-state index contributed by atoms with van der Waals surface area (Å²) in [4.78, 5) is 11.5. The molecule has 0 aliphatic carbocycles. The minimum atomic E-state index is -0.317. The van der Waals surface area contributed by atoms with E-state index in [4.69, 9.17) is 9.47 Å². The van der Waals surface area contributed by atoms with Crippen molar-refractivity contribution in [3.8, 4) is 11.8 Å². The molecule has 3 nitrogen and oxygen atoms in total. The first-order valence-electron chi connectivity index (χ1n) is 6.31. The quantitative estimate of drug-likeness (QED) is 0.617. The fraction of sp³-hybridized carbons (Fsp3) is 0.438. The Balaban J connectivity index is 2.90. The lowest BCUT2D eigenvalue weighted by atomic mass is 10.0. The number of hydrogen-bond acceptors (Lipinski definition) is 3. The highest BCUT2D eigenvalue weighted by molar-refractivity contribution is 5.91. The molecule has 0 radical (unpaired) electrons. The fourth-order valence-electron chi connectivity index (χ4n) is 1.73. The maximum Gasteiger partial charge on any atom is 0.338 e. The number of carbonyl (C=O) groups excluding carboxylic acids is 1. The second kappa shape index (κ2) is 7.60. The van der Waals surface area contributed by atoms with Gasteiger partial charge < -0.3 is 9.47 Å². The van der Waals surface area contributed by atoms with Gasteiger partial charge in [-0.25, -0.2) is 4.79 Å². The molecule has 1 aromatic carbocycles. The average Bonchev–Trinajstić information content (AvgIpc) is 2.42. The van der Waals surface area contributed by atoms with Crippen LogP contribution in [0.5, 0.6) is 0 Å². The van der Waals surface area contributed by atoms with Crippen LogP contribution >= 0.6 is 0 Å². The number of rotatable bonds is 4. The summed E-state index contributed by atoms with van der Waals surface area (Å²) >= 11 is 0. The maximum atomic E-state index is 11.5.